The summed E-state index contributed by atoms with van der Waals surface area (Å²) in [7, 11) is -3.92. The average Bonchev–Trinajstić information content (AvgIpc) is 3.26. The van der Waals surface area contributed by atoms with Crippen LogP contribution in [0.1, 0.15) is 23.5 Å². The Balaban J connectivity index is 1.80. The Hall–Kier alpha value is -2.65. The molecule has 10 heteroatoms. The zero-order valence-corrected chi connectivity index (χ0v) is 20.4. The number of primary sulfonamides is 1. The smallest absolute Gasteiger partial charge is 0.234 e. The monoisotopic (exact) mass is 520 g/mol. The van der Waals surface area contributed by atoms with Crippen LogP contribution in [0.25, 0.3) is 0 Å². The first-order valence-corrected chi connectivity index (χ1v) is 12.9. The number of hydrogen-bond donors (Lipinski definition) is 2. The van der Waals surface area contributed by atoms with Crippen LogP contribution >= 0.6 is 23.2 Å². The lowest BCUT2D eigenvalue weighted by Crippen LogP contribution is -2.32. The Morgan fingerprint density at radius 2 is 1.82 bits per heavy atom. The molecule has 1 aliphatic carbocycles. The molecule has 4 rings (SSSR count). The first-order chi connectivity index (χ1) is 16.3. The van der Waals surface area contributed by atoms with E-state index in [0.29, 0.717) is 28.0 Å². The Kier molecular flexibility index (Phi) is 7.42. The standard InChI is InChI=1S/C24H23Cl2FN4O2S/c25-18-8-6-17(7-9-18)23-21(16-4-2-1-3-5-16)15-31(30-23)24(29-13-12-27)20-14-19(34(28,32)33)10-11-22(20)26/h1-11,21,29H,12-15H2,(H2,28,32,33). The minimum atomic E-state index is -3.92. The maximum absolute atomic E-state index is 13.2. The third-order valence-electron chi connectivity index (χ3n) is 5.61. The Bertz CT molecular complexity index is 1290. The van der Waals surface area contributed by atoms with Gasteiger partial charge in [-0.15, -0.1) is 0 Å². The number of hydrazone groups is 1. The largest absolute Gasteiger partial charge is 0.367 e. The van der Waals surface area contributed by atoms with Crippen LogP contribution in [0.2, 0.25) is 5.02 Å². The van der Waals surface area contributed by atoms with E-state index in [1.54, 1.807) is 17.1 Å². The summed E-state index contributed by atoms with van der Waals surface area (Å²) in [6.45, 7) is -0.173. The summed E-state index contributed by atoms with van der Waals surface area (Å²) >= 11 is 12.6. The summed E-state index contributed by atoms with van der Waals surface area (Å²) in [6.07, 6.45) is 2.83. The van der Waals surface area contributed by atoms with Crippen LogP contribution in [0.15, 0.2) is 93.2 Å². The molecule has 0 aromatic heterocycles. The van der Waals surface area contributed by atoms with Gasteiger partial charge in [-0.05, 0) is 35.4 Å². The highest BCUT2D eigenvalue weighted by Gasteiger charge is 2.33. The second-order valence-electron chi connectivity index (χ2n) is 7.85. The quantitative estimate of drug-likeness (QED) is 0.557. The minimum Gasteiger partial charge on any atom is -0.367 e. The van der Waals surface area contributed by atoms with E-state index in [1.807, 2.05) is 42.5 Å². The van der Waals surface area contributed by atoms with Gasteiger partial charge in [-0.2, -0.15) is 5.10 Å². The van der Waals surface area contributed by atoms with Gasteiger partial charge in [0.1, 0.15) is 12.5 Å². The number of alkyl halides is 1. The molecule has 1 heterocycles. The third kappa shape index (κ3) is 5.36. The number of nitrogens with one attached hydrogen (secondary N) is 1. The molecule has 3 N–H and O–H groups in total. The molecule has 2 aromatic carbocycles. The van der Waals surface area contributed by atoms with Crippen LogP contribution in [0.5, 0.6) is 0 Å². The number of rotatable bonds is 7. The summed E-state index contributed by atoms with van der Waals surface area (Å²) in [5.74, 6) is 0.350. The predicted molar refractivity (Wildman–Crippen MR) is 135 cm³/mol. The zero-order chi connectivity index (χ0) is 24.3. The third-order valence-corrected chi connectivity index (χ3v) is 7.22. The van der Waals surface area contributed by atoms with Gasteiger partial charge in [0, 0.05) is 34.5 Å². The maximum Gasteiger partial charge on any atom is 0.234 e. The summed E-state index contributed by atoms with van der Waals surface area (Å²) in [4.78, 5) is 0.0205. The normalized spacial score (nSPS) is 19.9. The lowest BCUT2D eigenvalue weighted by molar-refractivity contribution is 0.345. The molecule has 0 radical (unpaired) electrons. The second kappa shape index (κ2) is 10.3. The first-order valence-electron chi connectivity index (χ1n) is 10.6. The predicted octanol–water partition coefficient (Wildman–Crippen LogP) is 4.61. The highest BCUT2D eigenvalue weighted by atomic mass is 35.5. The molecule has 6 nitrogen and oxygen atoms in total. The first kappa shape index (κ1) is 24.5. The van der Waals surface area contributed by atoms with Crippen molar-refractivity contribution >= 4 is 38.9 Å². The van der Waals surface area contributed by atoms with Gasteiger partial charge in [0.2, 0.25) is 10.0 Å². The van der Waals surface area contributed by atoms with Gasteiger partial charge in [-0.3, -0.25) is 0 Å². The summed E-state index contributed by atoms with van der Waals surface area (Å²) < 4.78 is 37.1. The number of nitrogens with zero attached hydrogens (tertiary/aromatic N) is 2. The zero-order valence-electron chi connectivity index (χ0n) is 18.1. The fourth-order valence-corrected chi connectivity index (χ4v) is 4.91. The van der Waals surface area contributed by atoms with Crippen molar-refractivity contribution < 1.29 is 12.8 Å². The number of sulfonamides is 1. The molecular formula is C24H23Cl2FN4O2S. The van der Waals surface area contributed by atoms with E-state index >= 15 is 0 Å². The van der Waals surface area contributed by atoms with Crippen LogP contribution in [0.4, 0.5) is 4.39 Å². The molecule has 2 aliphatic rings. The van der Waals surface area contributed by atoms with Crippen molar-refractivity contribution in [3.8, 4) is 0 Å². The molecule has 0 fully saturated rings. The number of hydrogen-bond acceptors (Lipinski definition) is 5. The fraction of sp³-hybridized carbons (Fsp3) is 0.208. The summed E-state index contributed by atoms with van der Waals surface area (Å²) in [5.41, 5.74) is 3.24. The minimum absolute atomic E-state index is 0.00965. The molecule has 1 aliphatic heterocycles. The van der Waals surface area contributed by atoms with E-state index in [4.69, 9.17) is 33.4 Å². The molecule has 1 atom stereocenters. The van der Waals surface area contributed by atoms with E-state index < -0.39 is 16.7 Å². The van der Waals surface area contributed by atoms with Gasteiger partial charge in [0.15, 0.2) is 0 Å². The number of benzene rings is 2. The molecule has 0 bridgehead atoms. The molecule has 1 unspecified atom stereocenters. The van der Waals surface area contributed by atoms with Gasteiger partial charge in [0.25, 0.3) is 0 Å². The van der Waals surface area contributed by atoms with Crippen LogP contribution in [-0.4, -0.2) is 38.9 Å². The maximum atomic E-state index is 13.2. The van der Waals surface area contributed by atoms with E-state index in [2.05, 4.69) is 5.32 Å². The lowest BCUT2D eigenvalue weighted by Gasteiger charge is -2.25. The molecule has 0 amide bonds. The topological polar surface area (TPSA) is 87.8 Å². The highest BCUT2D eigenvalue weighted by molar-refractivity contribution is 7.93. The fourth-order valence-electron chi connectivity index (χ4n) is 3.97. The second-order valence-corrected chi connectivity index (χ2v) is 10.3. The average molecular weight is 521 g/mol. The molecule has 0 saturated heterocycles. The van der Waals surface area contributed by atoms with Crippen LogP contribution in [0.3, 0.4) is 0 Å². The molecular weight excluding hydrogens is 498 g/mol. The highest BCUT2D eigenvalue weighted by Crippen LogP contribution is 2.36. The van der Waals surface area contributed by atoms with Crippen molar-refractivity contribution in [2.24, 2.45) is 10.2 Å². The van der Waals surface area contributed by atoms with Crippen LogP contribution in [-0.2, 0) is 10.0 Å². The number of halogens is 3. The van der Waals surface area contributed by atoms with Gasteiger partial charge >= 0.3 is 0 Å². The molecule has 2 aromatic rings. The van der Waals surface area contributed by atoms with Crippen molar-refractivity contribution in [2.45, 2.75) is 12.3 Å². The van der Waals surface area contributed by atoms with E-state index in [-0.39, 0.29) is 23.8 Å². The van der Waals surface area contributed by atoms with Crippen LogP contribution in [0, 0.1) is 0 Å². The molecule has 0 spiro atoms. The van der Waals surface area contributed by atoms with Gasteiger partial charge < -0.3 is 5.32 Å². The number of nitrogens with two attached hydrogens (primary N) is 1. The van der Waals surface area contributed by atoms with E-state index in [9.17, 15) is 12.8 Å². The molecule has 34 heavy (non-hydrogen) atoms. The van der Waals surface area contributed by atoms with Crippen molar-refractivity contribution in [2.75, 3.05) is 19.8 Å². The van der Waals surface area contributed by atoms with Gasteiger partial charge in [-0.25, -0.2) is 23.0 Å². The van der Waals surface area contributed by atoms with Gasteiger partial charge in [-0.1, -0.05) is 65.7 Å². The van der Waals surface area contributed by atoms with Crippen molar-refractivity contribution in [1.82, 2.24) is 10.3 Å². The Morgan fingerprint density at radius 1 is 1.12 bits per heavy atom. The Labute approximate surface area is 208 Å². The lowest BCUT2D eigenvalue weighted by atomic mass is 9.90. The summed E-state index contributed by atoms with van der Waals surface area (Å²) in [5, 5.41) is 15.9. The van der Waals surface area contributed by atoms with E-state index in [1.165, 1.54) is 12.2 Å². The molecule has 178 valence electrons. The number of allylic oxidation sites excluding steroid dienone is 5. The SMILES string of the molecule is NS(=O)(=O)C1=CC=C(Cl)C(=C(NCCF)N2CC(c3ccccc3)C(c3ccc(Cl)cc3)=N2)C1. The van der Waals surface area contributed by atoms with Crippen molar-refractivity contribution in [3.05, 3.63) is 104 Å². The van der Waals surface area contributed by atoms with Crippen molar-refractivity contribution in [1.29, 1.82) is 0 Å². The van der Waals surface area contributed by atoms with Crippen LogP contribution < -0.4 is 10.5 Å². The van der Waals surface area contributed by atoms with Crippen molar-refractivity contribution in [3.63, 3.8) is 0 Å². The van der Waals surface area contributed by atoms with Gasteiger partial charge in [0.05, 0.1) is 17.2 Å². The summed E-state index contributed by atoms with van der Waals surface area (Å²) in [6, 6.07) is 17.3. The Morgan fingerprint density at radius 3 is 2.47 bits per heavy atom. The molecule has 0 saturated carbocycles. The van der Waals surface area contributed by atoms with E-state index in [0.717, 1.165) is 16.8 Å².